The molecular formula is C20H30N4O6. The van der Waals surface area contributed by atoms with Crippen molar-refractivity contribution in [2.45, 2.75) is 58.0 Å². The molecule has 0 radical (unpaired) electrons. The van der Waals surface area contributed by atoms with Crippen LogP contribution in [0.25, 0.3) is 0 Å². The number of nitro benzene ring substituents is 2. The zero-order valence-corrected chi connectivity index (χ0v) is 17.5. The molecule has 1 fully saturated rings. The van der Waals surface area contributed by atoms with E-state index in [4.69, 9.17) is 4.74 Å². The number of hydrogen-bond acceptors (Lipinski definition) is 8. The summed E-state index contributed by atoms with van der Waals surface area (Å²) in [5, 5.41) is 28.1. The average Bonchev–Trinajstić information content (AvgIpc) is 2.70. The molecule has 2 rings (SSSR count). The van der Waals surface area contributed by atoms with Crippen molar-refractivity contribution in [2.75, 3.05) is 25.0 Å². The number of nitrogens with one attached hydrogen (secondary N) is 2. The van der Waals surface area contributed by atoms with Gasteiger partial charge in [0.1, 0.15) is 11.3 Å². The Morgan fingerprint density at radius 2 is 1.87 bits per heavy atom. The van der Waals surface area contributed by atoms with E-state index < -0.39 is 15.4 Å². The highest BCUT2D eigenvalue weighted by Gasteiger charge is 2.33. The van der Waals surface area contributed by atoms with Crippen LogP contribution < -0.4 is 10.6 Å². The molecule has 0 spiro atoms. The number of piperidine rings is 1. The number of benzene rings is 1. The van der Waals surface area contributed by atoms with Crippen LogP contribution in [-0.2, 0) is 9.53 Å². The van der Waals surface area contributed by atoms with E-state index in [9.17, 15) is 25.0 Å². The summed E-state index contributed by atoms with van der Waals surface area (Å²) in [6.45, 7) is 6.31. The normalized spacial score (nSPS) is 14.9. The first-order valence-corrected chi connectivity index (χ1v) is 10.3. The quantitative estimate of drug-likeness (QED) is 0.238. The smallest absolute Gasteiger partial charge is 0.306 e. The van der Waals surface area contributed by atoms with Crippen LogP contribution in [0.15, 0.2) is 18.2 Å². The van der Waals surface area contributed by atoms with Gasteiger partial charge in [0.25, 0.3) is 11.4 Å². The number of rotatable bonds is 11. The molecule has 0 aliphatic carbocycles. The third-order valence-electron chi connectivity index (χ3n) is 5.46. The average molecular weight is 422 g/mol. The van der Waals surface area contributed by atoms with Crippen molar-refractivity contribution in [1.29, 1.82) is 0 Å². The van der Waals surface area contributed by atoms with Gasteiger partial charge in [-0.05, 0) is 58.7 Å². The highest BCUT2D eigenvalue weighted by Crippen LogP contribution is 2.30. The summed E-state index contributed by atoms with van der Waals surface area (Å²) >= 11 is 0. The van der Waals surface area contributed by atoms with E-state index in [1.807, 2.05) is 13.8 Å². The van der Waals surface area contributed by atoms with E-state index in [-0.39, 0.29) is 23.0 Å². The number of hydrogen-bond donors (Lipinski definition) is 2. The van der Waals surface area contributed by atoms with Crippen molar-refractivity contribution in [1.82, 2.24) is 5.32 Å². The minimum absolute atomic E-state index is 0.197. The number of anilines is 1. The molecule has 1 heterocycles. The monoisotopic (exact) mass is 422 g/mol. The lowest BCUT2D eigenvalue weighted by Crippen LogP contribution is -2.42. The summed E-state index contributed by atoms with van der Waals surface area (Å²) in [5.41, 5.74) is -0.866. The van der Waals surface area contributed by atoms with Crippen LogP contribution >= 0.6 is 0 Å². The molecule has 1 aromatic carbocycles. The Kier molecular flexibility index (Phi) is 8.52. The molecule has 2 N–H and O–H groups in total. The molecule has 0 bridgehead atoms. The zero-order valence-electron chi connectivity index (χ0n) is 17.5. The largest absolute Gasteiger partial charge is 0.459 e. The maximum Gasteiger partial charge on any atom is 0.306 e. The van der Waals surface area contributed by atoms with E-state index >= 15 is 0 Å². The minimum atomic E-state index is -0.664. The van der Waals surface area contributed by atoms with Gasteiger partial charge in [0.2, 0.25) is 0 Å². The molecule has 0 unspecified atom stereocenters. The van der Waals surface area contributed by atoms with Crippen molar-refractivity contribution < 1.29 is 19.4 Å². The number of esters is 1. The maximum atomic E-state index is 12.2. The Morgan fingerprint density at radius 3 is 2.50 bits per heavy atom. The fourth-order valence-electron chi connectivity index (χ4n) is 3.67. The Morgan fingerprint density at radius 1 is 1.17 bits per heavy atom. The maximum absolute atomic E-state index is 12.2. The Bertz CT molecular complexity index is 762. The predicted octanol–water partition coefficient (Wildman–Crippen LogP) is 3.80. The van der Waals surface area contributed by atoms with Crippen molar-refractivity contribution in [2.24, 2.45) is 5.92 Å². The molecule has 0 atom stereocenters. The summed E-state index contributed by atoms with van der Waals surface area (Å²) in [6, 6.07) is 3.52. The summed E-state index contributed by atoms with van der Waals surface area (Å²) in [5.74, 6) is 0.168. The van der Waals surface area contributed by atoms with Gasteiger partial charge in [-0.15, -0.1) is 0 Å². The fourth-order valence-corrected chi connectivity index (χ4v) is 3.67. The second-order valence-electron chi connectivity index (χ2n) is 8.05. The number of non-ortho nitro benzene ring substituents is 1. The first kappa shape index (κ1) is 23.5. The Balaban J connectivity index is 1.70. The third-order valence-corrected chi connectivity index (χ3v) is 5.46. The number of ether oxygens (including phenoxy) is 1. The molecule has 1 aromatic rings. The number of carbonyl (C=O) groups excluding carboxylic acids is 1. The van der Waals surface area contributed by atoms with Crippen LogP contribution in [0.3, 0.4) is 0 Å². The molecule has 1 aliphatic rings. The minimum Gasteiger partial charge on any atom is -0.459 e. The molecule has 10 heteroatoms. The lowest BCUT2D eigenvalue weighted by molar-refractivity contribution is -0.393. The van der Waals surface area contributed by atoms with Crippen LogP contribution in [0.1, 0.15) is 52.4 Å². The number of nitrogens with zero attached hydrogens (tertiary/aromatic N) is 2. The lowest BCUT2D eigenvalue weighted by Gasteiger charge is -2.36. The molecule has 10 nitrogen and oxygen atoms in total. The molecule has 0 aromatic heterocycles. The highest BCUT2D eigenvalue weighted by atomic mass is 16.6. The van der Waals surface area contributed by atoms with Crippen LogP contribution in [0.5, 0.6) is 0 Å². The number of unbranched alkanes of at least 4 members (excludes halogenated alkanes) is 2. The van der Waals surface area contributed by atoms with E-state index in [1.165, 1.54) is 12.1 Å². The molecule has 30 heavy (non-hydrogen) atoms. The fraction of sp³-hybridized carbons (Fsp3) is 0.650. The topological polar surface area (TPSA) is 137 Å². The second kappa shape index (κ2) is 10.9. The first-order valence-electron chi connectivity index (χ1n) is 10.3. The van der Waals surface area contributed by atoms with Crippen molar-refractivity contribution in [3.8, 4) is 0 Å². The van der Waals surface area contributed by atoms with Gasteiger partial charge in [0.05, 0.1) is 15.9 Å². The zero-order chi connectivity index (χ0) is 22.1. The van der Waals surface area contributed by atoms with Crippen LogP contribution in [-0.4, -0.2) is 41.1 Å². The summed E-state index contributed by atoms with van der Waals surface area (Å²) < 4.78 is 5.71. The van der Waals surface area contributed by atoms with E-state index in [2.05, 4.69) is 10.6 Å². The molecular weight excluding hydrogens is 392 g/mol. The molecule has 1 saturated heterocycles. The summed E-state index contributed by atoms with van der Waals surface area (Å²) in [7, 11) is 0. The molecule has 1 aliphatic heterocycles. The van der Waals surface area contributed by atoms with Crippen molar-refractivity contribution >= 4 is 23.0 Å². The second-order valence-corrected chi connectivity index (χ2v) is 8.05. The van der Waals surface area contributed by atoms with Gasteiger partial charge in [-0.1, -0.05) is 6.42 Å². The Labute approximate surface area is 175 Å². The first-order chi connectivity index (χ1) is 14.2. The lowest BCUT2D eigenvalue weighted by atomic mass is 9.83. The van der Waals surface area contributed by atoms with Crippen LogP contribution in [0, 0.1) is 26.1 Å². The number of carbonyl (C=O) groups is 1. The van der Waals surface area contributed by atoms with Gasteiger partial charge >= 0.3 is 5.97 Å². The standard InChI is InChI=1S/C20H30N4O6/c1-20(2,15-9-12-21-13-10-15)30-19(25)6-4-3-5-11-22-17-8-7-16(23(26)27)14-18(17)24(28)29/h7-8,14-15,21-22H,3-6,9-13H2,1-2H3. The van der Waals surface area contributed by atoms with Gasteiger partial charge < -0.3 is 15.4 Å². The molecule has 166 valence electrons. The van der Waals surface area contributed by atoms with E-state index in [0.717, 1.165) is 38.4 Å². The van der Waals surface area contributed by atoms with Gasteiger partial charge in [-0.25, -0.2) is 0 Å². The summed E-state index contributed by atoms with van der Waals surface area (Å²) in [6.07, 6.45) is 4.48. The molecule has 0 amide bonds. The van der Waals surface area contributed by atoms with Crippen molar-refractivity contribution in [3.63, 3.8) is 0 Å². The van der Waals surface area contributed by atoms with Crippen LogP contribution in [0.4, 0.5) is 17.1 Å². The van der Waals surface area contributed by atoms with Gasteiger partial charge in [-0.3, -0.25) is 25.0 Å². The summed E-state index contributed by atoms with van der Waals surface area (Å²) in [4.78, 5) is 32.8. The predicted molar refractivity (Wildman–Crippen MR) is 112 cm³/mol. The van der Waals surface area contributed by atoms with Gasteiger partial charge in [0.15, 0.2) is 0 Å². The van der Waals surface area contributed by atoms with E-state index in [0.29, 0.717) is 31.7 Å². The Hall–Kier alpha value is -2.75. The SMILES string of the molecule is CC(C)(OC(=O)CCCCCNc1ccc([N+](=O)[O-])cc1[N+](=O)[O-])C1CCNCC1. The van der Waals surface area contributed by atoms with Crippen molar-refractivity contribution in [3.05, 3.63) is 38.4 Å². The molecule has 0 saturated carbocycles. The van der Waals surface area contributed by atoms with Gasteiger partial charge in [-0.2, -0.15) is 0 Å². The van der Waals surface area contributed by atoms with E-state index in [1.54, 1.807) is 0 Å². The van der Waals surface area contributed by atoms with Gasteiger partial charge in [0, 0.05) is 24.9 Å². The van der Waals surface area contributed by atoms with Crippen LogP contribution in [0.2, 0.25) is 0 Å². The third kappa shape index (κ3) is 6.94. The highest BCUT2D eigenvalue weighted by molar-refractivity contribution is 5.69. The number of nitro groups is 2.